The largest absolute Gasteiger partial charge is 0.491 e. The maximum atomic E-state index is 9.07. The Balaban J connectivity index is 2.16. The lowest BCUT2D eigenvalue weighted by Gasteiger charge is -2.13. The fraction of sp³-hybridized carbons (Fsp3) is 0.538. The van der Waals surface area contributed by atoms with Gasteiger partial charge in [0.2, 0.25) is 0 Å². The van der Waals surface area contributed by atoms with Gasteiger partial charge in [0.05, 0.1) is 6.10 Å². The van der Waals surface area contributed by atoms with Crippen LogP contribution < -0.4 is 4.74 Å². The van der Waals surface area contributed by atoms with Crippen LogP contribution in [0.15, 0.2) is 24.3 Å². The standard InChI is InChI=1S/C13H18O2/c1-9(2)15-13-6-4-3-5-11(13)12-7-10(12)8-14/h3-6,9-10,12,14H,7-8H2,1-2H3/t10-,12+/m0/s1. The van der Waals surface area contributed by atoms with E-state index in [2.05, 4.69) is 6.07 Å². The van der Waals surface area contributed by atoms with Crippen molar-refractivity contribution in [3.63, 3.8) is 0 Å². The summed E-state index contributed by atoms with van der Waals surface area (Å²) in [6, 6.07) is 8.16. The number of aliphatic hydroxyl groups is 1. The van der Waals surface area contributed by atoms with E-state index in [1.165, 1.54) is 5.56 Å². The van der Waals surface area contributed by atoms with Gasteiger partial charge in [-0.15, -0.1) is 0 Å². The molecule has 0 amide bonds. The molecule has 0 aromatic heterocycles. The molecule has 1 fully saturated rings. The second-order valence-corrected chi connectivity index (χ2v) is 4.49. The van der Waals surface area contributed by atoms with Crippen molar-refractivity contribution in [1.82, 2.24) is 0 Å². The van der Waals surface area contributed by atoms with Gasteiger partial charge in [-0.3, -0.25) is 0 Å². The number of hydrogen-bond donors (Lipinski definition) is 1. The average molecular weight is 206 g/mol. The third-order valence-corrected chi connectivity index (χ3v) is 2.84. The van der Waals surface area contributed by atoms with Gasteiger partial charge in [0.15, 0.2) is 0 Å². The van der Waals surface area contributed by atoms with Gasteiger partial charge >= 0.3 is 0 Å². The molecule has 1 aromatic rings. The number of hydrogen-bond acceptors (Lipinski definition) is 2. The second-order valence-electron chi connectivity index (χ2n) is 4.49. The highest BCUT2D eigenvalue weighted by atomic mass is 16.5. The van der Waals surface area contributed by atoms with Crippen LogP contribution in [0.3, 0.4) is 0 Å². The van der Waals surface area contributed by atoms with Crippen molar-refractivity contribution < 1.29 is 9.84 Å². The van der Waals surface area contributed by atoms with Crippen LogP contribution in [-0.2, 0) is 0 Å². The molecule has 1 aromatic carbocycles. The summed E-state index contributed by atoms with van der Waals surface area (Å²) in [6.07, 6.45) is 1.30. The molecule has 1 aliphatic carbocycles. The number of rotatable bonds is 4. The highest BCUT2D eigenvalue weighted by Crippen LogP contribution is 2.49. The van der Waals surface area contributed by atoms with Crippen LogP contribution >= 0.6 is 0 Å². The molecule has 1 saturated carbocycles. The Labute approximate surface area is 90.9 Å². The Hall–Kier alpha value is -1.02. The molecule has 0 bridgehead atoms. The van der Waals surface area contributed by atoms with Gasteiger partial charge in [0.25, 0.3) is 0 Å². The summed E-state index contributed by atoms with van der Waals surface area (Å²) in [4.78, 5) is 0. The molecule has 0 radical (unpaired) electrons. The van der Waals surface area contributed by atoms with E-state index in [1.807, 2.05) is 32.0 Å². The van der Waals surface area contributed by atoms with Crippen molar-refractivity contribution in [3.8, 4) is 5.75 Å². The van der Waals surface area contributed by atoms with Crippen LogP contribution in [-0.4, -0.2) is 17.8 Å². The second kappa shape index (κ2) is 4.23. The number of aliphatic hydroxyl groups excluding tert-OH is 1. The lowest BCUT2D eigenvalue weighted by atomic mass is 10.1. The number of ether oxygens (including phenoxy) is 1. The SMILES string of the molecule is CC(C)Oc1ccccc1[C@@H]1C[C@H]1CO. The Morgan fingerprint density at radius 2 is 2.13 bits per heavy atom. The molecule has 0 aliphatic heterocycles. The Morgan fingerprint density at radius 1 is 1.40 bits per heavy atom. The summed E-state index contributed by atoms with van der Waals surface area (Å²) in [5.74, 6) is 1.93. The molecular formula is C13H18O2. The first kappa shape index (κ1) is 10.5. The first-order valence-corrected chi connectivity index (χ1v) is 5.58. The minimum Gasteiger partial charge on any atom is -0.491 e. The molecule has 2 atom stereocenters. The molecule has 0 saturated heterocycles. The first-order chi connectivity index (χ1) is 7.22. The smallest absolute Gasteiger partial charge is 0.123 e. The third-order valence-electron chi connectivity index (χ3n) is 2.84. The quantitative estimate of drug-likeness (QED) is 0.820. The molecule has 1 aliphatic rings. The lowest BCUT2D eigenvalue weighted by Crippen LogP contribution is -2.07. The van der Waals surface area contributed by atoms with Crippen molar-refractivity contribution >= 4 is 0 Å². The van der Waals surface area contributed by atoms with Crippen molar-refractivity contribution in [3.05, 3.63) is 29.8 Å². The van der Waals surface area contributed by atoms with Crippen molar-refractivity contribution in [1.29, 1.82) is 0 Å². The molecule has 2 heteroatoms. The van der Waals surface area contributed by atoms with E-state index in [4.69, 9.17) is 9.84 Å². The molecule has 0 spiro atoms. The van der Waals surface area contributed by atoms with Crippen molar-refractivity contribution in [2.24, 2.45) is 5.92 Å². The minimum atomic E-state index is 0.206. The van der Waals surface area contributed by atoms with Crippen LogP contribution in [0, 0.1) is 5.92 Å². The van der Waals surface area contributed by atoms with Gasteiger partial charge in [0, 0.05) is 6.61 Å². The molecular weight excluding hydrogens is 188 g/mol. The van der Waals surface area contributed by atoms with E-state index in [1.54, 1.807) is 0 Å². The zero-order chi connectivity index (χ0) is 10.8. The van der Waals surface area contributed by atoms with Crippen LogP contribution in [0.25, 0.3) is 0 Å². The fourth-order valence-corrected chi connectivity index (χ4v) is 1.98. The zero-order valence-electron chi connectivity index (χ0n) is 9.31. The van der Waals surface area contributed by atoms with Crippen LogP contribution in [0.1, 0.15) is 31.7 Å². The first-order valence-electron chi connectivity index (χ1n) is 5.58. The Bertz CT molecular complexity index is 333. The van der Waals surface area contributed by atoms with E-state index in [0.717, 1.165) is 12.2 Å². The summed E-state index contributed by atoms with van der Waals surface area (Å²) < 4.78 is 5.76. The van der Waals surface area contributed by atoms with E-state index >= 15 is 0 Å². The summed E-state index contributed by atoms with van der Waals surface area (Å²) in [5.41, 5.74) is 1.25. The molecule has 15 heavy (non-hydrogen) atoms. The molecule has 2 rings (SSSR count). The fourth-order valence-electron chi connectivity index (χ4n) is 1.98. The molecule has 0 heterocycles. The number of para-hydroxylation sites is 1. The van der Waals surface area contributed by atoms with Crippen LogP contribution in [0.5, 0.6) is 5.75 Å². The monoisotopic (exact) mass is 206 g/mol. The highest BCUT2D eigenvalue weighted by molar-refractivity contribution is 5.39. The predicted octanol–water partition coefficient (Wildman–Crippen LogP) is 2.57. The van der Waals surface area contributed by atoms with E-state index in [0.29, 0.717) is 18.4 Å². The van der Waals surface area contributed by atoms with Gasteiger partial charge in [-0.25, -0.2) is 0 Å². The van der Waals surface area contributed by atoms with Crippen molar-refractivity contribution in [2.45, 2.75) is 32.3 Å². The van der Waals surface area contributed by atoms with Crippen molar-refractivity contribution in [2.75, 3.05) is 6.61 Å². The topological polar surface area (TPSA) is 29.5 Å². The molecule has 2 nitrogen and oxygen atoms in total. The molecule has 82 valence electrons. The Kier molecular flexibility index (Phi) is 2.96. The normalized spacial score (nSPS) is 24.3. The molecule has 0 unspecified atom stereocenters. The van der Waals surface area contributed by atoms with Gasteiger partial charge in [-0.2, -0.15) is 0 Å². The van der Waals surface area contributed by atoms with Gasteiger partial charge < -0.3 is 9.84 Å². The summed E-state index contributed by atoms with van der Waals surface area (Å²) in [5, 5.41) is 9.07. The van der Waals surface area contributed by atoms with Crippen LogP contribution in [0.4, 0.5) is 0 Å². The average Bonchev–Trinajstić information content (AvgIpc) is 2.97. The molecule has 1 N–H and O–H groups in total. The minimum absolute atomic E-state index is 0.206. The highest BCUT2D eigenvalue weighted by Gasteiger charge is 2.39. The summed E-state index contributed by atoms with van der Waals surface area (Å²) in [7, 11) is 0. The van der Waals surface area contributed by atoms with Crippen LogP contribution in [0.2, 0.25) is 0 Å². The summed E-state index contributed by atoms with van der Waals surface area (Å²) in [6.45, 7) is 4.36. The van der Waals surface area contributed by atoms with Gasteiger partial charge in [-0.1, -0.05) is 18.2 Å². The van der Waals surface area contributed by atoms with E-state index in [9.17, 15) is 0 Å². The predicted molar refractivity (Wildman–Crippen MR) is 60.1 cm³/mol. The van der Waals surface area contributed by atoms with Gasteiger partial charge in [-0.05, 0) is 43.7 Å². The Morgan fingerprint density at radius 3 is 2.73 bits per heavy atom. The zero-order valence-corrected chi connectivity index (χ0v) is 9.31. The number of benzene rings is 1. The third kappa shape index (κ3) is 2.32. The lowest BCUT2D eigenvalue weighted by molar-refractivity contribution is 0.238. The maximum Gasteiger partial charge on any atom is 0.123 e. The van der Waals surface area contributed by atoms with Gasteiger partial charge in [0.1, 0.15) is 5.75 Å². The van der Waals surface area contributed by atoms with E-state index in [-0.39, 0.29) is 6.10 Å². The summed E-state index contributed by atoms with van der Waals surface area (Å²) >= 11 is 0. The van der Waals surface area contributed by atoms with E-state index < -0.39 is 0 Å². The maximum absolute atomic E-state index is 9.07.